The summed E-state index contributed by atoms with van der Waals surface area (Å²) in [6, 6.07) is 7.16. The molecule has 0 saturated heterocycles. The zero-order valence-corrected chi connectivity index (χ0v) is 12.6. The standard InChI is InChI=1S/C17H28/c1-8-9-13-10-14(16(2,3)4)12-15(11-13)17(5,6)7/h10-12H,8-9H2,1-7H3. The van der Waals surface area contributed by atoms with Gasteiger partial charge in [-0.1, -0.05) is 73.1 Å². The Kier molecular flexibility index (Phi) is 4.06. The molecular weight excluding hydrogens is 204 g/mol. The molecule has 0 aliphatic carbocycles. The first-order valence-electron chi connectivity index (χ1n) is 6.79. The predicted octanol–water partition coefficient (Wildman–Crippen LogP) is 5.23. The Bertz CT molecular complexity index is 340. The first-order valence-corrected chi connectivity index (χ1v) is 6.79. The summed E-state index contributed by atoms with van der Waals surface area (Å²) in [6.45, 7) is 16.0. The minimum Gasteiger partial charge on any atom is -0.0651 e. The molecule has 1 aromatic carbocycles. The molecule has 0 heteroatoms. The highest BCUT2D eigenvalue weighted by Crippen LogP contribution is 2.30. The average molecular weight is 232 g/mol. The fourth-order valence-corrected chi connectivity index (χ4v) is 1.99. The molecule has 0 N–H and O–H groups in total. The fourth-order valence-electron chi connectivity index (χ4n) is 1.99. The van der Waals surface area contributed by atoms with Gasteiger partial charge in [0.2, 0.25) is 0 Å². The van der Waals surface area contributed by atoms with Gasteiger partial charge in [-0.25, -0.2) is 0 Å². The van der Waals surface area contributed by atoms with Gasteiger partial charge in [-0.15, -0.1) is 0 Å². The highest BCUT2D eigenvalue weighted by molar-refractivity contribution is 5.37. The Morgan fingerprint density at radius 1 is 0.765 bits per heavy atom. The molecule has 0 spiro atoms. The van der Waals surface area contributed by atoms with E-state index < -0.39 is 0 Å². The molecule has 0 nitrogen and oxygen atoms in total. The quantitative estimate of drug-likeness (QED) is 0.654. The van der Waals surface area contributed by atoms with E-state index in [0.29, 0.717) is 0 Å². The molecule has 0 unspecified atom stereocenters. The van der Waals surface area contributed by atoms with Crippen LogP contribution in [0.25, 0.3) is 0 Å². The monoisotopic (exact) mass is 232 g/mol. The van der Waals surface area contributed by atoms with Crippen molar-refractivity contribution in [2.75, 3.05) is 0 Å². The molecule has 0 fully saturated rings. The van der Waals surface area contributed by atoms with E-state index >= 15 is 0 Å². The van der Waals surface area contributed by atoms with Gasteiger partial charge in [0.15, 0.2) is 0 Å². The third-order valence-electron chi connectivity index (χ3n) is 3.26. The maximum Gasteiger partial charge on any atom is -0.0132 e. The van der Waals surface area contributed by atoms with Crippen molar-refractivity contribution >= 4 is 0 Å². The van der Waals surface area contributed by atoms with Crippen LogP contribution in [0.5, 0.6) is 0 Å². The van der Waals surface area contributed by atoms with E-state index in [1.807, 2.05) is 0 Å². The van der Waals surface area contributed by atoms with Gasteiger partial charge in [0, 0.05) is 0 Å². The fraction of sp³-hybridized carbons (Fsp3) is 0.647. The normalized spacial score (nSPS) is 12.9. The van der Waals surface area contributed by atoms with E-state index in [2.05, 4.69) is 66.7 Å². The van der Waals surface area contributed by atoms with Crippen molar-refractivity contribution in [1.82, 2.24) is 0 Å². The molecule has 0 radical (unpaired) electrons. The largest absolute Gasteiger partial charge is 0.0651 e. The highest BCUT2D eigenvalue weighted by atomic mass is 14.2. The molecule has 0 bridgehead atoms. The van der Waals surface area contributed by atoms with Gasteiger partial charge in [0.25, 0.3) is 0 Å². The van der Waals surface area contributed by atoms with Gasteiger partial charge < -0.3 is 0 Å². The highest BCUT2D eigenvalue weighted by Gasteiger charge is 2.20. The Morgan fingerprint density at radius 3 is 1.47 bits per heavy atom. The van der Waals surface area contributed by atoms with Crippen LogP contribution in [0.2, 0.25) is 0 Å². The number of aryl methyl sites for hydroxylation is 1. The molecule has 0 heterocycles. The van der Waals surface area contributed by atoms with Gasteiger partial charge in [-0.05, 0) is 33.9 Å². The molecule has 96 valence electrons. The van der Waals surface area contributed by atoms with E-state index in [4.69, 9.17) is 0 Å². The molecule has 1 aromatic rings. The summed E-state index contributed by atoms with van der Waals surface area (Å²) in [5.74, 6) is 0. The maximum absolute atomic E-state index is 2.39. The van der Waals surface area contributed by atoms with Crippen LogP contribution >= 0.6 is 0 Å². The first-order chi connectivity index (χ1) is 7.64. The number of rotatable bonds is 2. The molecule has 0 aliphatic rings. The second kappa shape index (κ2) is 4.84. The summed E-state index contributed by atoms with van der Waals surface area (Å²) in [7, 11) is 0. The second-order valence-electron chi connectivity index (χ2n) is 7.17. The van der Waals surface area contributed by atoms with E-state index in [-0.39, 0.29) is 10.8 Å². The first kappa shape index (κ1) is 14.3. The second-order valence-corrected chi connectivity index (χ2v) is 7.17. The van der Waals surface area contributed by atoms with Gasteiger partial charge >= 0.3 is 0 Å². The summed E-state index contributed by atoms with van der Waals surface area (Å²) in [6.07, 6.45) is 2.41. The zero-order valence-electron chi connectivity index (χ0n) is 12.6. The summed E-state index contributed by atoms with van der Waals surface area (Å²) >= 11 is 0. The third-order valence-corrected chi connectivity index (χ3v) is 3.26. The Labute approximate surface area is 107 Å². The molecule has 0 atom stereocenters. The maximum atomic E-state index is 2.39. The average Bonchev–Trinajstić information content (AvgIpc) is 2.15. The number of benzene rings is 1. The van der Waals surface area contributed by atoms with Crippen molar-refractivity contribution in [2.45, 2.75) is 72.1 Å². The van der Waals surface area contributed by atoms with Crippen LogP contribution in [0.3, 0.4) is 0 Å². The summed E-state index contributed by atoms with van der Waals surface area (Å²) in [4.78, 5) is 0. The lowest BCUT2D eigenvalue weighted by molar-refractivity contribution is 0.566. The van der Waals surface area contributed by atoms with Crippen LogP contribution < -0.4 is 0 Å². The lowest BCUT2D eigenvalue weighted by Gasteiger charge is -2.26. The van der Waals surface area contributed by atoms with Crippen LogP contribution in [0, 0.1) is 0 Å². The number of hydrogen-bond acceptors (Lipinski definition) is 0. The molecule has 0 saturated carbocycles. The van der Waals surface area contributed by atoms with Crippen molar-refractivity contribution in [2.24, 2.45) is 0 Å². The van der Waals surface area contributed by atoms with E-state index in [1.54, 1.807) is 0 Å². The van der Waals surface area contributed by atoms with Crippen LogP contribution in [0.4, 0.5) is 0 Å². The summed E-state index contributed by atoms with van der Waals surface area (Å²) < 4.78 is 0. The molecule has 0 aromatic heterocycles. The summed E-state index contributed by atoms with van der Waals surface area (Å²) in [5.41, 5.74) is 4.90. The number of hydrogen-bond donors (Lipinski definition) is 0. The summed E-state index contributed by atoms with van der Waals surface area (Å²) in [5, 5.41) is 0. The van der Waals surface area contributed by atoms with E-state index in [0.717, 1.165) is 0 Å². The molecule has 1 rings (SSSR count). The Hall–Kier alpha value is -0.780. The van der Waals surface area contributed by atoms with Crippen LogP contribution in [0.1, 0.15) is 71.6 Å². The van der Waals surface area contributed by atoms with Crippen LogP contribution in [-0.2, 0) is 17.3 Å². The SMILES string of the molecule is CCCc1cc(C(C)(C)C)cc(C(C)(C)C)c1. The Balaban J connectivity index is 3.29. The topological polar surface area (TPSA) is 0 Å². The smallest absolute Gasteiger partial charge is 0.0132 e. The van der Waals surface area contributed by atoms with Gasteiger partial charge in [0.05, 0.1) is 0 Å². The minimum atomic E-state index is 0.240. The van der Waals surface area contributed by atoms with E-state index in [9.17, 15) is 0 Å². The van der Waals surface area contributed by atoms with Crippen molar-refractivity contribution in [3.8, 4) is 0 Å². The Morgan fingerprint density at radius 2 is 1.18 bits per heavy atom. The third kappa shape index (κ3) is 3.87. The van der Waals surface area contributed by atoms with Crippen LogP contribution in [-0.4, -0.2) is 0 Å². The lowest BCUT2D eigenvalue weighted by atomic mass is 9.79. The van der Waals surface area contributed by atoms with Crippen molar-refractivity contribution < 1.29 is 0 Å². The van der Waals surface area contributed by atoms with Gasteiger partial charge in [0.1, 0.15) is 0 Å². The minimum absolute atomic E-state index is 0.240. The zero-order chi connectivity index (χ0) is 13.3. The van der Waals surface area contributed by atoms with Crippen molar-refractivity contribution in [3.05, 3.63) is 34.9 Å². The predicted molar refractivity (Wildman–Crippen MR) is 77.8 cm³/mol. The van der Waals surface area contributed by atoms with Crippen molar-refractivity contribution in [3.63, 3.8) is 0 Å². The van der Waals surface area contributed by atoms with Crippen LogP contribution in [0.15, 0.2) is 18.2 Å². The van der Waals surface area contributed by atoms with E-state index in [1.165, 1.54) is 29.5 Å². The molecular formula is C17H28. The molecule has 0 amide bonds. The molecule has 17 heavy (non-hydrogen) atoms. The van der Waals surface area contributed by atoms with Gasteiger partial charge in [-0.3, -0.25) is 0 Å². The van der Waals surface area contributed by atoms with Gasteiger partial charge in [-0.2, -0.15) is 0 Å². The lowest BCUT2D eigenvalue weighted by Crippen LogP contribution is -2.17. The van der Waals surface area contributed by atoms with Crippen molar-refractivity contribution in [1.29, 1.82) is 0 Å². The molecule has 0 aliphatic heterocycles.